The second kappa shape index (κ2) is 5.97. The van der Waals surface area contributed by atoms with Crippen molar-refractivity contribution in [2.24, 2.45) is 11.8 Å². The van der Waals surface area contributed by atoms with Gasteiger partial charge in [0.25, 0.3) is 0 Å². The highest BCUT2D eigenvalue weighted by Gasteiger charge is 2.61. The molecule has 1 fully saturated rings. The summed E-state index contributed by atoms with van der Waals surface area (Å²) in [7, 11) is 0. The summed E-state index contributed by atoms with van der Waals surface area (Å²) in [6.07, 6.45) is 4.15. The van der Waals surface area contributed by atoms with Gasteiger partial charge >= 0.3 is 11.9 Å². The Labute approximate surface area is 147 Å². The van der Waals surface area contributed by atoms with Crippen molar-refractivity contribution in [2.45, 2.75) is 59.2 Å². The van der Waals surface area contributed by atoms with Crippen LogP contribution in [0.2, 0.25) is 0 Å². The summed E-state index contributed by atoms with van der Waals surface area (Å²) in [6.45, 7) is 8.89. The Kier molecular flexibility index (Phi) is 4.21. The number of allylic oxidation sites excluding steroid dienone is 3. The van der Waals surface area contributed by atoms with Crippen LogP contribution in [0.4, 0.5) is 0 Å². The molecule has 4 unspecified atom stereocenters. The molecule has 25 heavy (non-hydrogen) atoms. The Morgan fingerprint density at radius 3 is 2.68 bits per heavy atom. The van der Waals surface area contributed by atoms with Gasteiger partial charge in [0.15, 0.2) is 5.78 Å². The van der Waals surface area contributed by atoms with Gasteiger partial charge in [-0.3, -0.25) is 4.79 Å². The van der Waals surface area contributed by atoms with Crippen LogP contribution in [0.15, 0.2) is 34.4 Å². The molecule has 2 aliphatic carbocycles. The Morgan fingerprint density at radius 2 is 2.04 bits per heavy atom. The molecule has 3 aliphatic rings. The number of hydrogen-bond acceptors (Lipinski definition) is 5. The van der Waals surface area contributed by atoms with Gasteiger partial charge in [0, 0.05) is 23.0 Å². The summed E-state index contributed by atoms with van der Waals surface area (Å²) in [5, 5.41) is 0. The maximum absolute atomic E-state index is 12.6. The summed E-state index contributed by atoms with van der Waals surface area (Å²) in [4.78, 5) is 37.3. The number of rotatable bonds is 2. The molecule has 1 aliphatic heterocycles. The van der Waals surface area contributed by atoms with Crippen LogP contribution in [0, 0.1) is 11.8 Å². The molecule has 134 valence electrons. The summed E-state index contributed by atoms with van der Waals surface area (Å²) in [5.74, 6) is -1.53. The molecule has 1 saturated heterocycles. The normalized spacial score (nSPS) is 35.0. The average molecular weight is 344 g/mol. The van der Waals surface area contributed by atoms with E-state index in [0.29, 0.717) is 18.4 Å². The smallest absolute Gasteiger partial charge is 0.351 e. The zero-order chi connectivity index (χ0) is 18.5. The van der Waals surface area contributed by atoms with Crippen molar-refractivity contribution in [1.29, 1.82) is 0 Å². The minimum Gasteiger partial charge on any atom is -0.458 e. The van der Waals surface area contributed by atoms with E-state index in [4.69, 9.17) is 9.47 Å². The van der Waals surface area contributed by atoms with Crippen LogP contribution in [0.3, 0.4) is 0 Å². The first-order valence-corrected chi connectivity index (χ1v) is 8.70. The Hall–Kier alpha value is -2.17. The lowest BCUT2D eigenvalue weighted by Gasteiger charge is -2.30. The number of carbonyl (C=O) groups excluding carboxylic acids is 3. The van der Waals surface area contributed by atoms with Gasteiger partial charge in [-0.1, -0.05) is 17.2 Å². The summed E-state index contributed by atoms with van der Waals surface area (Å²) >= 11 is 0. The molecular weight excluding hydrogens is 320 g/mol. The van der Waals surface area contributed by atoms with E-state index in [2.05, 4.69) is 0 Å². The molecule has 0 N–H and O–H groups in total. The van der Waals surface area contributed by atoms with Crippen molar-refractivity contribution in [2.75, 3.05) is 0 Å². The molecule has 5 nitrogen and oxygen atoms in total. The number of carbonyl (C=O) groups is 3. The third-order valence-electron chi connectivity index (χ3n) is 5.86. The highest BCUT2D eigenvalue weighted by atomic mass is 16.6. The third kappa shape index (κ3) is 2.57. The van der Waals surface area contributed by atoms with Gasteiger partial charge in [-0.15, -0.1) is 0 Å². The molecule has 0 aromatic rings. The molecule has 0 spiro atoms. The maximum atomic E-state index is 12.6. The van der Waals surface area contributed by atoms with Crippen LogP contribution in [-0.4, -0.2) is 29.4 Å². The van der Waals surface area contributed by atoms with E-state index in [-0.39, 0.29) is 17.6 Å². The van der Waals surface area contributed by atoms with Crippen LogP contribution in [0.5, 0.6) is 0 Å². The predicted octanol–water partition coefficient (Wildman–Crippen LogP) is 3.05. The maximum Gasteiger partial charge on any atom is 0.351 e. The van der Waals surface area contributed by atoms with Gasteiger partial charge < -0.3 is 9.47 Å². The quantitative estimate of drug-likeness (QED) is 0.569. The minimum atomic E-state index is -1.33. The fourth-order valence-corrected chi connectivity index (χ4v) is 4.20. The molecule has 0 aromatic heterocycles. The first-order chi connectivity index (χ1) is 11.7. The highest BCUT2D eigenvalue weighted by Crippen LogP contribution is 2.50. The van der Waals surface area contributed by atoms with E-state index in [9.17, 15) is 14.4 Å². The van der Waals surface area contributed by atoms with Gasteiger partial charge in [0.2, 0.25) is 5.60 Å². The molecule has 0 amide bonds. The fourth-order valence-electron chi connectivity index (χ4n) is 4.20. The van der Waals surface area contributed by atoms with E-state index < -0.39 is 23.6 Å². The van der Waals surface area contributed by atoms with Crippen LogP contribution >= 0.6 is 0 Å². The summed E-state index contributed by atoms with van der Waals surface area (Å²) < 4.78 is 11.3. The first-order valence-electron chi connectivity index (χ1n) is 8.70. The molecule has 4 atom stereocenters. The molecular formula is C20H24O5. The minimum absolute atomic E-state index is 0.00653. The lowest BCUT2D eigenvalue weighted by molar-refractivity contribution is -0.170. The number of ketones is 1. The van der Waals surface area contributed by atoms with Crippen LogP contribution < -0.4 is 0 Å². The Balaban J connectivity index is 1.98. The SMILES string of the molecule is CC=C(C)C(=O)OC1(C)C(=O)OC2C3C(C)=CC(=O)C3=C(C)CCC21. The predicted molar refractivity (Wildman–Crippen MR) is 91.5 cm³/mol. The zero-order valence-electron chi connectivity index (χ0n) is 15.3. The van der Waals surface area contributed by atoms with Crippen LogP contribution in [0.25, 0.3) is 0 Å². The van der Waals surface area contributed by atoms with Crippen molar-refractivity contribution in [3.05, 3.63) is 34.4 Å². The second-order valence-electron chi connectivity index (χ2n) is 7.41. The van der Waals surface area contributed by atoms with Gasteiger partial charge in [0.1, 0.15) is 6.10 Å². The lowest BCUT2D eigenvalue weighted by atomic mass is 9.78. The fraction of sp³-hybridized carbons (Fsp3) is 0.550. The molecule has 5 heteroatoms. The van der Waals surface area contributed by atoms with E-state index in [1.165, 1.54) is 0 Å². The van der Waals surface area contributed by atoms with E-state index in [1.807, 2.05) is 13.8 Å². The molecule has 3 rings (SSSR count). The summed E-state index contributed by atoms with van der Waals surface area (Å²) in [6, 6.07) is 0. The number of ether oxygens (including phenoxy) is 2. The van der Waals surface area contributed by atoms with Crippen molar-refractivity contribution >= 4 is 17.7 Å². The second-order valence-corrected chi connectivity index (χ2v) is 7.41. The highest BCUT2D eigenvalue weighted by molar-refractivity contribution is 6.09. The first kappa shape index (κ1) is 17.6. The van der Waals surface area contributed by atoms with E-state index in [0.717, 1.165) is 16.7 Å². The topological polar surface area (TPSA) is 69.7 Å². The van der Waals surface area contributed by atoms with Gasteiger partial charge in [-0.25, -0.2) is 9.59 Å². The van der Waals surface area contributed by atoms with Crippen molar-refractivity contribution < 1.29 is 23.9 Å². The monoisotopic (exact) mass is 344 g/mol. The molecule has 0 bridgehead atoms. The summed E-state index contributed by atoms with van der Waals surface area (Å²) in [5.41, 5.74) is 1.82. The average Bonchev–Trinajstić information content (AvgIpc) is 2.90. The van der Waals surface area contributed by atoms with Gasteiger partial charge in [-0.2, -0.15) is 0 Å². The molecule has 0 saturated carbocycles. The van der Waals surface area contributed by atoms with E-state index in [1.54, 1.807) is 32.9 Å². The van der Waals surface area contributed by atoms with Crippen LogP contribution in [-0.2, 0) is 23.9 Å². The molecule has 1 heterocycles. The van der Waals surface area contributed by atoms with Crippen molar-refractivity contribution in [1.82, 2.24) is 0 Å². The Morgan fingerprint density at radius 1 is 1.36 bits per heavy atom. The third-order valence-corrected chi connectivity index (χ3v) is 5.86. The largest absolute Gasteiger partial charge is 0.458 e. The van der Waals surface area contributed by atoms with Crippen LogP contribution in [0.1, 0.15) is 47.5 Å². The van der Waals surface area contributed by atoms with Gasteiger partial charge in [-0.05, 0) is 53.5 Å². The number of esters is 2. The van der Waals surface area contributed by atoms with Crippen molar-refractivity contribution in [3.63, 3.8) is 0 Å². The standard InChI is InChI=1S/C20H24O5/c1-6-10(2)18(22)25-20(5)13-8-7-11(3)15-14(21)9-12(4)16(15)17(13)24-19(20)23/h6,9,13,16-17H,7-8H2,1-5H3. The Bertz CT molecular complexity index is 754. The van der Waals surface area contributed by atoms with Gasteiger partial charge in [0.05, 0.1) is 0 Å². The molecule has 0 aromatic carbocycles. The lowest BCUT2D eigenvalue weighted by Crippen LogP contribution is -2.44. The number of fused-ring (bicyclic) bond motifs is 3. The number of hydrogen-bond donors (Lipinski definition) is 0. The van der Waals surface area contributed by atoms with Crippen molar-refractivity contribution in [3.8, 4) is 0 Å². The molecule has 0 radical (unpaired) electrons. The van der Waals surface area contributed by atoms with E-state index >= 15 is 0 Å². The zero-order valence-corrected chi connectivity index (χ0v) is 15.3.